The number of hydrogen-bond donors (Lipinski definition) is 1. The summed E-state index contributed by atoms with van der Waals surface area (Å²) in [7, 11) is 3.20. The fourth-order valence-corrected chi connectivity index (χ4v) is 4.28. The smallest absolute Gasteiger partial charge is 0.251 e. The molecule has 2 amide bonds. The highest BCUT2D eigenvalue weighted by Crippen LogP contribution is 2.36. The third-order valence-corrected chi connectivity index (χ3v) is 6.02. The Kier molecular flexibility index (Phi) is 6.93. The van der Waals surface area contributed by atoms with Gasteiger partial charge >= 0.3 is 0 Å². The first-order chi connectivity index (χ1) is 16.1. The summed E-state index contributed by atoms with van der Waals surface area (Å²) >= 11 is 0. The van der Waals surface area contributed by atoms with Crippen molar-refractivity contribution in [2.24, 2.45) is 0 Å². The van der Waals surface area contributed by atoms with E-state index in [1.165, 1.54) is 0 Å². The van der Waals surface area contributed by atoms with E-state index in [2.05, 4.69) is 5.32 Å². The fraction of sp³-hybridized carbons (Fsp3) is 0.259. The average molecular weight is 445 g/mol. The van der Waals surface area contributed by atoms with Gasteiger partial charge in [-0.25, -0.2) is 0 Å². The number of amides is 2. The third kappa shape index (κ3) is 5.00. The minimum Gasteiger partial charge on any atom is -0.493 e. The van der Waals surface area contributed by atoms with E-state index in [-0.39, 0.29) is 24.4 Å². The van der Waals surface area contributed by atoms with Crippen molar-refractivity contribution in [3.05, 3.63) is 83.9 Å². The number of carbonyl (C=O) groups excluding carboxylic acids is 2. The van der Waals surface area contributed by atoms with Gasteiger partial charge in [0, 0.05) is 12.1 Å². The lowest BCUT2D eigenvalue weighted by molar-refractivity contribution is -0.131. The molecule has 0 radical (unpaired) electrons. The Balaban J connectivity index is 1.38. The second-order valence-electron chi connectivity index (χ2n) is 7.99. The minimum atomic E-state index is -0.259. The van der Waals surface area contributed by atoms with Gasteiger partial charge in [0.1, 0.15) is 0 Å². The van der Waals surface area contributed by atoms with Crippen LogP contribution in [0.2, 0.25) is 0 Å². The number of carbonyl (C=O) groups is 2. The van der Waals surface area contributed by atoms with Gasteiger partial charge in [-0.05, 0) is 53.8 Å². The second kappa shape index (κ2) is 10.2. The van der Waals surface area contributed by atoms with Gasteiger partial charge in [0.15, 0.2) is 11.5 Å². The zero-order valence-electron chi connectivity index (χ0n) is 18.9. The van der Waals surface area contributed by atoms with Crippen molar-refractivity contribution < 1.29 is 19.1 Å². The number of likely N-dealkylation sites (tertiary alicyclic amines) is 1. The van der Waals surface area contributed by atoms with Gasteiger partial charge in [0.25, 0.3) is 5.91 Å². The predicted octanol–water partition coefficient (Wildman–Crippen LogP) is 4.46. The molecular weight excluding hydrogens is 416 g/mol. The zero-order chi connectivity index (χ0) is 23.2. The van der Waals surface area contributed by atoms with Crippen molar-refractivity contribution in [1.82, 2.24) is 10.2 Å². The highest BCUT2D eigenvalue weighted by atomic mass is 16.5. The summed E-state index contributed by atoms with van der Waals surface area (Å²) in [6.45, 7) is 0.628. The molecule has 6 heteroatoms. The largest absolute Gasteiger partial charge is 0.493 e. The number of benzene rings is 3. The molecule has 1 atom stereocenters. The maximum Gasteiger partial charge on any atom is 0.251 e. The van der Waals surface area contributed by atoms with E-state index in [0.29, 0.717) is 23.6 Å². The molecule has 0 saturated carbocycles. The Hall–Kier alpha value is -3.80. The zero-order valence-corrected chi connectivity index (χ0v) is 18.9. The first kappa shape index (κ1) is 22.4. The molecule has 0 aliphatic carbocycles. The molecule has 0 spiro atoms. The lowest BCUT2D eigenvalue weighted by atomic mass is 10.0. The lowest BCUT2D eigenvalue weighted by Gasteiger charge is -2.26. The Morgan fingerprint density at radius 2 is 1.61 bits per heavy atom. The average Bonchev–Trinajstić information content (AvgIpc) is 3.37. The van der Waals surface area contributed by atoms with Crippen molar-refractivity contribution >= 4 is 11.8 Å². The molecule has 0 aromatic heterocycles. The fourth-order valence-electron chi connectivity index (χ4n) is 4.28. The Labute approximate surface area is 194 Å². The van der Waals surface area contributed by atoms with Crippen LogP contribution in [-0.2, 0) is 4.79 Å². The van der Waals surface area contributed by atoms with Gasteiger partial charge in [-0.2, -0.15) is 0 Å². The van der Waals surface area contributed by atoms with Gasteiger partial charge in [-0.3, -0.25) is 9.59 Å². The first-order valence-corrected chi connectivity index (χ1v) is 11.1. The van der Waals surface area contributed by atoms with Gasteiger partial charge in [-0.1, -0.05) is 48.5 Å². The summed E-state index contributed by atoms with van der Waals surface area (Å²) in [6, 6.07) is 23.1. The third-order valence-electron chi connectivity index (χ3n) is 6.02. The normalized spacial score (nSPS) is 15.2. The van der Waals surface area contributed by atoms with E-state index in [1.807, 2.05) is 65.6 Å². The van der Waals surface area contributed by atoms with E-state index in [1.54, 1.807) is 26.4 Å². The van der Waals surface area contributed by atoms with E-state index in [0.717, 1.165) is 29.5 Å². The van der Waals surface area contributed by atoms with Crippen LogP contribution in [0, 0.1) is 0 Å². The van der Waals surface area contributed by atoms with Crippen LogP contribution in [-0.4, -0.2) is 44.0 Å². The van der Waals surface area contributed by atoms with Crippen LogP contribution in [0.3, 0.4) is 0 Å². The van der Waals surface area contributed by atoms with Crippen LogP contribution in [0.4, 0.5) is 0 Å². The molecule has 6 nitrogen and oxygen atoms in total. The predicted molar refractivity (Wildman–Crippen MR) is 127 cm³/mol. The maximum absolute atomic E-state index is 12.9. The summed E-state index contributed by atoms with van der Waals surface area (Å²) in [6.07, 6.45) is 1.79. The van der Waals surface area contributed by atoms with Crippen molar-refractivity contribution in [3.8, 4) is 22.6 Å². The Morgan fingerprint density at radius 1 is 0.909 bits per heavy atom. The second-order valence-corrected chi connectivity index (χ2v) is 7.99. The van der Waals surface area contributed by atoms with Crippen molar-refractivity contribution in [2.75, 3.05) is 27.3 Å². The molecule has 1 saturated heterocycles. The molecule has 4 rings (SSSR count). The quantitative estimate of drug-likeness (QED) is 0.584. The summed E-state index contributed by atoms with van der Waals surface area (Å²) in [5, 5.41) is 2.77. The summed E-state index contributed by atoms with van der Waals surface area (Å²) < 4.78 is 10.7. The monoisotopic (exact) mass is 444 g/mol. The standard InChI is InChI=1S/C27H28N2O4/c1-32-24-15-14-22(17-25(24)33-2)23-9-6-16-29(23)26(30)18-28-27(31)21-12-10-20(11-13-21)19-7-4-3-5-8-19/h3-5,7-8,10-15,17,23H,6,9,16,18H2,1-2H3,(H,28,31). The van der Waals surface area contributed by atoms with Crippen LogP contribution < -0.4 is 14.8 Å². The molecule has 1 aliphatic heterocycles. The molecule has 1 N–H and O–H groups in total. The minimum absolute atomic E-state index is 0.0386. The number of nitrogens with one attached hydrogen (secondary N) is 1. The van der Waals surface area contributed by atoms with E-state index in [9.17, 15) is 9.59 Å². The molecular formula is C27H28N2O4. The molecule has 1 aliphatic rings. The van der Waals surface area contributed by atoms with Gasteiger partial charge in [0.2, 0.25) is 5.91 Å². The Bertz CT molecular complexity index is 1110. The van der Waals surface area contributed by atoms with Crippen LogP contribution in [0.15, 0.2) is 72.8 Å². The van der Waals surface area contributed by atoms with Gasteiger partial charge in [-0.15, -0.1) is 0 Å². The summed E-state index contributed by atoms with van der Waals surface area (Å²) in [5.74, 6) is 0.940. The molecule has 170 valence electrons. The molecule has 3 aromatic rings. The van der Waals surface area contributed by atoms with E-state index in [4.69, 9.17) is 9.47 Å². The molecule has 1 heterocycles. The highest BCUT2D eigenvalue weighted by Gasteiger charge is 2.30. The lowest BCUT2D eigenvalue weighted by Crippen LogP contribution is -2.39. The summed E-state index contributed by atoms with van der Waals surface area (Å²) in [4.78, 5) is 27.4. The number of ether oxygens (including phenoxy) is 2. The van der Waals surface area contributed by atoms with Gasteiger partial charge < -0.3 is 19.7 Å². The number of methoxy groups -OCH3 is 2. The van der Waals surface area contributed by atoms with Crippen molar-refractivity contribution in [2.45, 2.75) is 18.9 Å². The van der Waals surface area contributed by atoms with Crippen molar-refractivity contribution in [3.63, 3.8) is 0 Å². The van der Waals surface area contributed by atoms with Crippen LogP contribution in [0.5, 0.6) is 11.5 Å². The topological polar surface area (TPSA) is 67.9 Å². The van der Waals surface area contributed by atoms with E-state index >= 15 is 0 Å². The van der Waals surface area contributed by atoms with Crippen LogP contribution in [0.1, 0.15) is 34.8 Å². The highest BCUT2D eigenvalue weighted by molar-refractivity contribution is 5.97. The molecule has 3 aromatic carbocycles. The van der Waals surface area contributed by atoms with E-state index < -0.39 is 0 Å². The molecule has 1 fully saturated rings. The van der Waals surface area contributed by atoms with Crippen molar-refractivity contribution in [1.29, 1.82) is 0 Å². The number of nitrogens with zero attached hydrogens (tertiary/aromatic N) is 1. The SMILES string of the molecule is COc1ccc(C2CCCN2C(=O)CNC(=O)c2ccc(-c3ccccc3)cc2)cc1OC. The van der Waals surface area contributed by atoms with Crippen LogP contribution in [0.25, 0.3) is 11.1 Å². The summed E-state index contributed by atoms with van der Waals surface area (Å²) in [5.41, 5.74) is 3.66. The number of rotatable bonds is 7. The number of hydrogen-bond acceptors (Lipinski definition) is 4. The molecule has 1 unspecified atom stereocenters. The van der Waals surface area contributed by atoms with Crippen LogP contribution >= 0.6 is 0 Å². The Morgan fingerprint density at radius 3 is 2.30 bits per heavy atom. The van der Waals surface area contributed by atoms with Gasteiger partial charge in [0.05, 0.1) is 26.8 Å². The molecule has 33 heavy (non-hydrogen) atoms. The first-order valence-electron chi connectivity index (χ1n) is 11.1. The maximum atomic E-state index is 12.9. The molecule has 0 bridgehead atoms.